The largest absolute Gasteiger partial charge is 0.507 e. The van der Waals surface area contributed by atoms with Crippen molar-refractivity contribution in [1.82, 2.24) is 0 Å². The predicted molar refractivity (Wildman–Crippen MR) is 102 cm³/mol. The Morgan fingerprint density at radius 1 is 0.967 bits per heavy atom. The Bertz CT molecular complexity index is 1030. The van der Waals surface area contributed by atoms with Crippen molar-refractivity contribution < 1.29 is 43.1 Å². The van der Waals surface area contributed by atoms with E-state index in [1.54, 1.807) is 12.1 Å². The number of rotatable bonds is 4. The molecular weight excluding hydrogens is 396 g/mol. The monoisotopic (exact) mass is 416 g/mol. The summed E-state index contributed by atoms with van der Waals surface area (Å²) >= 11 is 0. The zero-order chi connectivity index (χ0) is 21.6. The van der Waals surface area contributed by atoms with Crippen LogP contribution < -0.4 is 23.7 Å². The Hall–Kier alpha value is -3.62. The number of phenols is 1. The fourth-order valence-electron chi connectivity index (χ4n) is 3.75. The van der Waals surface area contributed by atoms with Crippen LogP contribution in [0.4, 0.5) is 0 Å². The molecule has 158 valence electrons. The van der Waals surface area contributed by atoms with Gasteiger partial charge in [0.1, 0.15) is 28.6 Å². The van der Waals surface area contributed by atoms with E-state index in [9.17, 15) is 14.7 Å². The van der Waals surface area contributed by atoms with Crippen molar-refractivity contribution >= 4 is 11.8 Å². The number of hydrogen-bond acceptors (Lipinski definition) is 9. The second-order valence-corrected chi connectivity index (χ2v) is 6.78. The zero-order valence-corrected chi connectivity index (χ0v) is 16.8. The van der Waals surface area contributed by atoms with Gasteiger partial charge in [-0.3, -0.25) is 9.59 Å². The standard InChI is InChI=1S/C21H20O9/c1-9(22)28-21-20-17(11-7-14(26-3)15(27-4)8-13(11)30-21)19(24)18-12(23)5-10(25-2)6-16(18)29-20/h5-8,17,20-21,23H,1-4H3/t17-,20-,21-/m1/s1. The van der Waals surface area contributed by atoms with Gasteiger partial charge in [-0.2, -0.15) is 0 Å². The van der Waals surface area contributed by atoms with Crippen molar-refractivity contribution in [2.45, 2.75) is 25.2 Å². The maximum atomic E-state index is 13.5. The summed E-state index contributed by atoms with van der Waals surface area (Å²) in [6.07, 6.45) is -2.17. The first-order valence-corrected chi connectivity index (χ1v) is 9.09. The van der Waals surface area contributed by atoms with E-state index in [1.807, 2.05) is 0 Å². The molecule has 0 fully saturated rings. The van der Waals surface area contributed by atoms with E-state index in [0.29, 0.717) is 22.8 Å². The number of carbonyl (C=O) groups is 2. The summed E-state index contributed by atoms with van der Waals surface area (Å²) in [7, 11) is 4.37. The molecule has 0 radical (unpaired) electrons. The predicted octanol–water partition coefficient (Wildman–Crippen LogP) is 2.43. The number of fused-ring (bicyclic) bond motifs is 4. The molecule has 1 N–H and O–H groups in total. The molecule has 0 saturated heterocycles. The average molecular weight is 416 g/mol. The molecule has 9 nitrogen and oxygen atoms in total. The van der Waals surface area contributed by atoms with Crippen molar-refractivity contribution in [2.75, 3.05) is 21.3 Å². The molecule has 0 unspecified atom stereocenters. The van der Waals surface area contributed by atoms with Gasteiger partial charge in [-0.05, 0) is 6.07 Å². The fourth-order valence-corrected chi connectivity index (χ4v) is 3.75. The lowest BCUT2D eigenvalue weighted by Crippen LogP contribution is -2.51. The molecule has 30 heavy (non-hydrogen) atoms. The summed E-state index contributed by atoms with van der Waals surface area (Å²) in [6, 6.07) is 5.98. The van der Waals surface area contributed by atoms with Gasteiger partial charge in [-0.25, -0.2) is 0 Å². The molecule has 0 bridgehead atoms. The first-order chi connectivity index (χ1) is 14.4. The molecule has 2 aliphatic heterocycles. The Labute approximate surface area is 172 Å². The number of aromatic hydroxyl groups is 1. The SMILES string of the molecule is COc1cc(O)c2c(c1)O[C@H]1[C@H](OC(C)=O)Oc3cc(OC)c(OC)cc3[C@@H]1C2=O. The van der Waals surface area contributed by atoms with Crippen LogP contribution in [-0.4, -0.2) is 50.6 Å². The average Bonchev–Trinajstić information content (AvgIpc) is 2.72. The Kier molecular flexibility index (Phi) is 4.81. The maximum absolute atomic E-state index is 13.5. The van der Waals surface area contributed by atoms with E-state index in [0.717, 1.165) is 0 Å². The van der Waals surface area contributed by atoms with Crippen molar-refractivity contribution in [3.63, 3.8) is 0 Å². The third-order valence-corrected chi connectivity index (χ3v) is 5.06. The highest BCUT2D eigenvalue weighted by molar-refractivity contribution is 6.07. The van der Waals surface area contributed by atoms with Gasteiger partial charge in [-0.1, -0.05) is 0 Å². The number of Topliss-reactive ketones (excluding diaryl/α,β-unsaturated/α-hetero) is 1. The molecule has 3 atom stereocenters. The van der Waals surface area contributed by atoms with Gasteiger partial charge in [0.25, 0.3) is 6.29 Å². The minimum atomic E-state index is -1.19. The number of ether oxygens (including phenoxy) is 6. The van der Waals surface area contributed by atoms with Gasteiger partial charge in [0, 0.05) is 30.7 Å². The summed E-state index contributed by atoms with van der Waals surface area (Å²) in [6.45, 7) is 1.23. The molecule has 9 heteroatoms. The van der Waals surface area contributed by atoms with Crippen LogP contribution in [0.3, 0.4) is 0 Å². The van der Waals surface area contributed by atoms with Gasteiger partial charge in [0.15, 0.2) is 23.4 Å². The highest BCUT2D eigenvalue weighted by atomic mass is 16.7. The van der Waals surface area contributed by atoms with Gasteiger partial charge in [-0.15, -0.1) is 0 Å². The normalized spacial score (nSPS) is 21.2. The van der Waals surface area contributed by atoms with Crippen LogP contribution >= 0.6 is 0 Å². The van der Waals surface area contributed by atoms with Crippen molar-refractivity contribution in [3.05, 3.63) is 35.4 Å². The summed E-state index contributed by atoms with van der Waals surface area (Å²) in [4.78, 5) is 25.1. The van der Waals surface area contributed by atoms with Crippen LogP contribution in [0.25, 0.3) is 0 Å². The molecule has 0 aliphatic carbocycles. The number of carbonyl (C=O) groups excluding carboxylic acids is 2. The smallest absolute Gasteiger partial charge is 0.305 e. The second kappa shape index (κ2) is 7.33. The van der Waals surface area contributed by atoms with Crippen LogP contribution in [0.2, 0.25) is 0 Å². The molecule has 2 aromatic carbocycles. The van der Waals surface area contributed by atoms with Gasteiger partial charge < -0.3 is 33.5 Å². The van der Waals surface area contributed by atoms with Crippen molar-refractivity contribution in [2.24, 2.45) is 0 Å². The van der Waals surface area contributed by atoms with Crippen molar-refractivity contribution in [3.8, 4) is 34.5 Å². The lowest BCUT2D eigenvalue weighted by molar-refractivity contribution is -0.179. The molecule has 0 saturated carbocycles. The third-order valence-electron chi connectivity index (χ3n) is 5.06. The number of esters is 1. The third kappa shape index (κ3) is 3.02. The maximum Gasteiger partial charge on any atom is 0.305 e. The van der Waals surface area contributed by atoms with Crippen LogP contribution in [0.15, 0.2) is 24.3 Å². The number of methoxy groups -OCH3 is 3. The van der Waals surface area contributed by atoms with E-state index in [2.05, 4.69) is 0 Å². The van der Waals surface area contributed by atoms with Crippen LogP contribution in [0.1, 0.15) is 28.8 Å². The van der Waals surface area contributed by atoms with E-state index in [4.69, 9.17) is 28.4 Å². The summed E-state index contributed by atoms with van der Waals surface area (Å²) in [5, 5.41) is 10.4. The minimum absolute atomic E-state index is 0.0151. The molecule has 4 rings (SSSR count). The highest BCUT2D eigenvalue weighted by Gasteiger charge is 2.51. The molecule has 0 spiro atoms. The quantitative estimate of drug-likeness (QED) is 0.752. The van der Waals surface area contributed by atoms with E-state index >= 15 is 0 Å². The van der Waals surface area contributed by atoms with E-state index in [-0.39, 0.29) is 22.8 Å². The highest BCUT2D eigenvalue weighted by Crippen LogP contribution is 2.50. The molecular formula is C21H20O9. The van der Waals surface area contributed by atoms with Crippen LogP contribution in [0, 0.1) is 0 Å². The number of benzene rings is 2. The molecule has 2 aromatic rings. The lowest BCUT2D eigenvalue weighted by atomic mass is 9.81. The summed E-state index contributed by atoms with van der Waals surface area (Å²) in [5.74, 6) is -0.708. The zero-order valence-electron chi connectivity index (χ0n) is 16.8. The first kappa shape index (κ1) is 19.7. The number of phenolic OH excluding ortho intramolecular Hbond substituents is 1. The molecule has 2 aliphatic rings. The fraction of sp³-hybridized carbons (Fsp3) is 0.333. The molecule has 0 amide bonds. The van der Waals surface area contributed by atoms with Gasteiger partial charge in [0.2, 0.25) is 0 Å². The second-order valence-electron chi connectivity index (χ2n) is 6.78. The Morgan fingerprint density at radius 3 is 2.30 bits per heavy atom. The molecule has 2 heterocycles. The van der Waals surface area contributed by atoms with Gasteiger partial charge in [0.05, 0.1) is 27.2 Å². The summed E-state index contributed by atoms with van der Waals surface area (Å²) < 4.78 is 32.9. The van der Waals surface area contributed by atoms with Gasteiger partial charge >= 0.3 is 5.97 Å². The minimum Gasteiger partial charge on any atom is -0.507 e. The number of ketones is 1. The van der Waals surface area contributed by atoms with E-state index in [1.165, 1.54) is 40.4 Å². The number of hydrogen-bond donors (Lipinski definition) is 1. The van der Waals surface area contributed by atoms with Crippen molar-refractivity contribution in [1.29, 1.82) is 0 Å². The lowest BCUT2D eigenvalue weighted by Gasteiger charge is -2.41. The van der Waals surface area contributed by atoms with Crippen LogP contribution in [0.5, 0.6) is 34.5 Å². The Morgan fingerprint density at radius 2 is 1.67 bits per heavy atom. The Balaban J connectivity index is 1.90. The van der Waals surface area contributed by atoms with Crippen LogP contribution in [-0.2, 0) is 9.53 Å². The first-order valence-electron chi connectivity index (χ1n) is 9.09. The summed E-state index contributed by atoms with van der Waals surface area (Å²) in [5.41, 5.74) is 0.480. The molecule has 0 aromatic heterocycles. The van der Waals surface area contributed by atoms with E-state index < -0.39 is 30.1 Å². The topological polar surface area (TPSA) is 110 Å².